The summed E-state index contributed by atoms with van der Waals surface area (Å²) in [6, 6.07) is 27.9. The predicted octanol–water partition coefficient (Wildman–Crippen LogP) is 8.23. The van der Waals surface area contributed by atoms with Crippen LogP contribution >= 0.6 is 23.2 Å². The third-order valence-corrected chi connectivity index (χ3v) is 12.1. The zero-order valence-electron chi connectivity index (χ0n) is 39.8. The number of carboxylic acids is 2. The van der Waals surface area contributed by atoms with Crippen LogP contribution in [0.1, 0.15) is 69.5 Å². The minimum atomic E-state index is -1.62. The number of nitrogens with one attached hydrogen (secondary N) is 2. The van der Waals surface area contributed by atoms with Crippen LogP contribution in [0.5, 0.6) is 17.2 Å². The quantitative estimate of drug-likeness (QED) is 0.0375. The number of rotatable bonds is 22. The van der Waals surface area contributed by atoms with Crippen LogP contribution in [0.2, 0.25) is 10.0 Å². The number of carbonyl (C=O) groups is 2. The largest absolute Gasteiger partial charge is 0.488 e. The Hall–Kier alpha value is -7.12. The van der Waals surface area contributed by atoms with E-state index in [-0.39, 0.29) is 37.9 Å². The van der Waals surface area contributed by atoms with E-state index in [4.69, 9.17) is 47.4 Å². The zero-order valence-corrected chi connectivity index (χ0v) is 41.3. The summed E-state index contributed by atoms with van der Waals surface area (Å²) >= 11 is 13.3. The Labute approximate surface area is 422 Å². The number of aliphatic hydroxyl groups is 2. The second kappa shape index (κ2) is 25.7. The Morgan fingerprint density at radius 2 is 1.10 bits per heavy atom. The molecule has 71 heavy (non-hydrogen) atoms. The van der Waals surface area contributed by atoms with E-state index in [0.29, 0.717) is 51.1 Å². The summed E-state index contributed by atoms with van der Waals surface area (Å²) in [7, 11) is 1.61. The van der Waals surface area contributed by atoms with Gasteiger partial charge in [-0.3, -0.25) is 30.2 Å². The molecular weight excluding hydrogens is 952 g/mol. The lowest BCUT2D eigenvalue weighted by molar-refractivity contribution is -0.146. The Bertz CT molecular complexity index is 2930. The van der Waals surface area contributed by atoms with Gasteiger partial charge in [0.25, 0.3) is 0 Å². The van der Waals surface area contributed by atoms with Gasteiger partial charge < -0.3 is 39.4 Å². The third kappa shape index (κ3) is 14.7. The second-order valence-electron chi connectivity index (χ2n) is 16.8. The normalized spacial score (nSPS) is 12.5. The fraction of sp³-hybridized carbons (Fsp3) is 0.283. The Morgan fingerprint density at radius 3 is 1.59 bits per heavy atom. The molecule has 0 aliphatic carbocycles. The van der Waals surface area contributed by atoms with Crippen molar-refractivity contribution in [2.75, 3.05) is 20.3 Å². The monoisotopic (exact) mass is 1000 g/mol. The summed E-state index contributed by atoms with van der Waals surface area (Å²) in [5, 5.41) is 62.5. The number of aliphatic hydroxyl groups excluding tert-OH is 2. The van der Waals surface area contributed by atoms with Crippen molar-refractivity contribution >= 4 is 35.1 Å². The van der Waals surface area contributed by atoms with Crippen molar-refractivity contribution in [3.8, 4) is 40.5 Å². The highest BCUT2D eigenvalue weighted by atomic mass is 35.5. The average molecular weight is 1010 g/mol. The van der Waals surface area contributed by atoms with Crippen molar-refractivity contribution in [1.82, 2.24) is 20.6 Å². The molecule has 0 saturated heterocycles. The van der Waals surface area contributed by atoms with Gasteiger partial charge in [-0.25, -0.2) is 0 Å². The molecule has 0 fully saturated rings. The van der Waals surface area contributed by atoms with Gasteiger partial charge >= 0.3 is 11.9 Å². The zero-order chi connectivity index (χ0) is 51.7. The average Bonchev–Trinajstić information content (AvgIpc) is 3.37. The molecule has 2 unspecified atom stereocenters. The van der Waals surface area contributed by atoms with Gasteiger partial charge in [-0.2, -0.15) is 10.5 Å². The number of aliphatic carboxylic acids is 2. The molecule has 0 aliphatic rings. The lowest BCUT2D eigenvalue weighted by Crippen LogP contribution is -2.52. The number of carboxylic acid groups (broad SMARTS) is 2. The van der Waals surface area contributed by atoms with Gasteiger partial charge in [0.2, 0.25) is 0 Å². The van der Waals surface area contributed by atoms with Crippen molar-refractivity contribution in [2.45, 2.75) is 78.3 Å². The van der Waals surface area contributed by atoms with Gasteiger partial charge in [0.1, 0.15) is 60.3 Å². The summed E-state index contributed by atoms with van der Waals surface area (Å²) in [6.07, 6.45) is 6.24. The molecule has 0 aliphatic heterocycles. The number of ether oxygens (including phenoxy) is 4. The van der Waals surface area contributed by atoms with Gasteiger partial charge in [0.15, 0.2) is 0 Å². The predicted molar refractivity (Wildman–Crippen MR) is 266 cm³/mol. The van der Waals surface area contributed by atoms with Gasteiger partial charge in [-0.05, 0) is 103 Å². The molecule has 0 bridgehead atoms. The molecule has 370 valence electrons. The molecular formula is C53H54Cl2N6O10. The first-order chi connectivity index (χ1) is 34.0. The number of halogens is 2. The fourth-order valence-electron chi connectivity index (χ4n) is 6.87. The topological polar surface area (TPSA) is 249 Å². The second-order valence-corrected chi connectivity index (χ2v) is 17.6. The van der Waals surface area contributed by atoms with Crippen molar-refractivity contribution in [1.29, 1.82) is 10.5 Å². The van der Waals surface area contributed by atoms with Crippen molar-refractivity contribution in [3.63, 3.8) is 0 Å². The number of aromatic nitrogens is 2. The number of pyridine rings is 2. The van der Waals surface area contributed by atoms with E-state index in [2.05, 4.69) is 26.7 Å². The SMILES string of the molecule is COCc1cncc(C#N)c1.Cc1c(COc2ccc(CNC(C)(CO)C(=O)O)cc2Cl)cccc1-c1cccc(COc2cc(OCc3cncc(C#N)c3)c(CNC(C)(CO)C(=O)O)cc2Cl)c1C. The minimum Gasteiger partial charge on any atom is -0.488 e. The van der Waals surface area contributed by atoms with E-state index in [0.717, 1.165) is 44.5 Å². The fourth-order valence-corrected chi connectivity index (χ4v) is 7.37. The van der Waals surface area contributed by atoms with Crippen LogP contribution in [0.25, 0.3) is 11.1 Å². The first-order valence-electron chi connectivity index (χ1n) is 22.0. The van der Waals surface area contributed by atoms with E-state index < -0.39 is 36.2 Å². The van der Waals surface area contributed by atoms with Crippen molar-refractivity contribution in [2.24, 2.45) is 0 Å². The standard InChI is InChI=1S/C45H46Cl2N4O9.C8H8N2O/c1-27-32(23-59-39-12-11-29(14-37(39)46)20-50-44(3,25-52)42(54)55)7-5-9-35(27)36-10-6-8-33(28(36)2)24-60-41-16-40(58-22-31-13-30(17-48)18-49-19-31)34(15-38(41)47)21-51-45(4,26-53)43(56)57;1-11-6-8-2-7(3-9)4-10-5-8/h5-16,18-19,50-53H,20-26H2,1-4H3,(H,54,55)(H,56,57);2,4-5H,6H2,1H3. The molecule has 4 aromatic carbocycles. The van der Waals surface area contributed by atoms with Gasteiger partial charge in [0.05, 0.1) is 41.0 Å². The number of hydrogen-bond donors (Lipinski definition) is 6. The van der Waals surface area contributed by atoms with Crippen LogP contribution < -0.4 is 24.8 Å². The minimum absolute atomic E-state index is 0.00129. The van der Waals surface area contributed by atoms with Crippen LogP contribution in [0.15, 0.2) is 104 Å². The Balaban J connectivity index is 0.000000750. The number of methoxy groups -OCH3 is 1. The van der Waals surface area contributed by atoms with Crippen molar-refractivity contribution < 1.29 is 49.0 Å². The van der Waals surface area contributed by atoms with Crippen LogP contribution in [0.3, 0.4) is 0 Å². The number of nitriles is 2. The number of hydrogen-bond acceptors (Lipinski definition) is 14. The van der Waals surface area contributed by atoms with E-state index in [1.165, 1.54) is 26.2 Å². The summed E-state index contributed by atoms with van der Waals surface area (Å²) in [5.74, 6) is -1.24. The number of nitrogens with zero attached hydrogens (tertiary/aromatic N) is 4. The molecule has 2 heterocycles. The smallest absolute Gasteiger partial charge is 0.326 e. The molecule has 0 radical (unpaired) electrons. The molecule has 6 N–H and O–H groups in total. The first kappa shape index (κ1) is 54.8. The molecule has 0 saturated carbocycles. The van der Waals surface area contributed by atoms with Crippen LogP contribution in [-0.2, 0) is 53.8 Å². The maximum atomic E-state index is 11.8. The van der Waals surface area contributed by atoms with Crippen LogP contribution in [0, 0.1) is 36.5 Å². The highest BCUT2D eigenvalue weighted by Crippen LogP contribution is 2.36. The molecule has 6 aromatic rings. The lowest BCUT2D eigenvalue weighted by atomic mass is 9.92. The first-order valence-corrected chi connectivity index (χ1v) is 22.8. The molecule has 0 spiro atoms. The molecule has 18 heteroatoms. The van der Waals surface area contributed by atoms with Crippen LogP contribution in [-0.4, -0.2) is 73.7 Å². The summed E-state index contributed by atoms with van der Waals surface area (Å²) in [5.41, 5.74) is 6.50. The van der Waals surface area contributed by atoms with Gasteiger partial charge in [-0.1, -0.05) is 65.7 Å². The molecule has 2 aromatic heterocycles. The Kier molecular flexibility index (Phi) is 19.8. The molecule has 0 amide bonds. The maximum absolute atomic E-state index is 11.8. The summed E-state index contributed by atoms with van der Waals surface area (Å²) in [6.45, 7) is 6.74. The molecule has 6 rings (SSSR count). The van der Waals surface area contributed by atoms with Crippen molar-refractivity contribution in [3.05, 3.63) is 169 Å². The number of benzene rings is 4. The highest BCUT2D eigenvalue weighted by Gasteiger charge is 2.33. The highest BCUT2D eigenvalue weighted by molar-refractivity contribution is 6.32. The summed E-state index contributed by atoms with van der Waals surface area (Å²) < 4.78 is 23.5. The molecule has 16 nitrogen and oxygen atoms in total. The Morgan fingerprint density at radius 1 is 0.606 bits per heavy atom. The van der Waals surface area contributed by atoms with E-state index in [9.17, 15) is 35.3 Å². The van der Waals surface area contributed by atoms with E-state index in [1.807, 2.05) is 56.3 Å². The lowest BCUT2D eigenvalue weighted by Gasteiger charge is -2.25. The van der Waals surface area contributed by atoms with E-state index >= 15 is 0 Å². The summed E-state index contributed by atoms with van der Waals surface area (Å²) in [4.78, 5) is 31.3. The third-order valence-electron chi connectivity index (χ3n) is 11.5. The van der Waals surface area contributed by atoms with Crippen LogP contribution in [0.4, 0.5) is 0 Å². The maximum Gasteiger partial charge on any atom is 0.326 e. The van der Waals surface area contributed by atoms with E-state index in [1.54, 1.807) is 62.0 Å². The molecule has 2 atom stereocenters. The van der Waals surface area contributed by atoms with Gasteiger partial charge in [0, 0.05) is 62.2 Å². The van der Waals surface area contributed by atoms with Gasteiger partial charge in [-0.15, -0.1) is 0 Å².